The highest BCUT2D eigenvalue weighted by molar-refractivity contribution is 7.21. The Morgan fingerprint density at radius 2 is 1.06 bits per heavy atom. The largest absolute Gasteiger partial charge is 0.310 e. The summed E-state index contributed by atoms with van der Waals surface area (Å²) in [6, 6.07) is 66.1. The smallest absolute Gasteiger partial charge is 0.124 e. The SMILES string of the molecule is CC1(C)c2ccccc2-c2ccc(N(c3ccc(-c4cccc5ccccc45)cc3)c3ccc4sc(-c5ccc(-c6ccccc6)cc5)nc4c3)cc21. The minimum Gasteiger partial charge on any atom is -0.310 e. The number of thiazole rings is 1. The van der Waals surface area contributed by atoms with Crippen LogP contribution in [0.2, 0.25) is 0 Å². The average molecular weight is 697 g/mol. The fourth-order valence-corrected chi connectivity index (χ4v) is 9.11. The summed E-state index contributed by atoms with van der Waals surface area (Å²) in [6.07, 6.45) is 0. The first-order valence-corrected chi connectivity index (χ1v) is 19.0. The number of aromatic nitrogens is 1. The first kappa shape index (κ1) is 31.4. The Kier molecular flexibility index (Phi) is 7.38. The molecular weight excluding hydrogens is 661 g/mol. The molecule has 252 valence electrons. The van der Waals surface area contributed by atoms with Crippen molar-refractivity contribution in [3.05, 3.63) is 193 Å². The summed E-state index contributed by atoms with van der Waals surface area (Å²) in [6.45, 7) is 4.69. The Balaban J connectivity index is 1.07. The maximum atomic E-state index is 5.20. The number of hydrogen-bond donors (Lipinski definition) is 0. The third-order valence-electron chi connectivity index (χ3n) is 10.9. The van der Waals surface area contributed by atoms with E-state index < -0.39 is 0 Å². The second kappa shape index (κ2) is 12.4. The molecule has 0 N–H and O–H groups in total. The molecule has 10 rings (SSSR count). The molecule has 0 unspecified atom stereocenters. The van der Waals surface area contributed by atoms with Crippen molar-refractivity contribution < 1.29 is 0 Å². The Hall–Kier alpha value is -6.29. The van der Waals surface area contributed by atoms with E-state index in [1.165, 1.54) is 60.0 Å². The first-order valence-electron chi connectivity index (χ1n) is 18.2. The van der Waals surface area contributed by atoms with Gasteiger partial charge in [-0.25, -0.2) is 4.98 Å². The number of rotatable bonds is 6. The Morgan fingerprint density at radius 3 is 1.91 bits per heavy atom. The van der Waals surface area contributed by atoms with Crippen molar-refractivity contribution >= 4 is 49.4 Å². The molecule has 2 nitrogen and oxygen atoms in total. The van der Waals surface area contributed by atoms with Gasteiger partial charge in [0.2, 0.25) is 0 Å². The van der Waals surface area contributed by atoms with E-state index in [1.54, 1.807) is 11.3 Å². The zero-order valence-electron chi connectivity index (χ0n) is 29.6. The molecule has 1 aliphatic carbocycles. The lowest BCUT2D eigenvalue weighted by Crippen LogP contribution is -2.16. The molecule has 9 aromatic rings. The van der Waals surface area contributed by atoms with Gasteiger partial charge in [-0.1, -0.05) is 153 Å². The molecule has 3 heteroatoms. The fraction of sp³-hybridized carbons (Fsp3) is 0.0600. The molecule has 1 aromatic heterocycles. The normalized spacial score (nSPS) is 12.9. The predicted octanol–water partition coefficient (Wildman–Crippen LogP) is 14.2. The van der Waals surface area contributed by atoms with Crippen molar-refractivity contribution in [3.8, 4) is 44.0 Å². The predicted molar refractivity (Wildman–Crippen MR) is 226 cm³/mol. The van der Waals surface area contributed by atoms with Crippen molar-refractivity contribution in [3.63, 3.8) is 0 Å². The second-order valence-electron chi connectivity index (χ2n) is 14.4. The monoisotopic (exact) mass is 696 g/mol. The number of benzene rings is 8. The van der Waals surface area contributed by atoms with Gasteiger partial charge >= 0.3 is 0 Å². The number of anilines is 3. The molecule has 0 radical (unpaired) electrons. The van der Waals surface area contributed by atoms with Crippen LogP contribution in [-0.4, -0.2) is 4.98 Å². The molecule has 0 spiro atoms. The maximum Gasteiger partial charge on any atom is 0.124 e. The van der Waals surface area contributed by atoms with E-state index in [2.05, 4.69) is 201 Å². The molecule has 0 aliphatic heterocycles. The molecular formula is C50H36N2S. The molecule has 8 aromatic carbocycles. The van der Waals surface area contributed by atoms with Crippen LogP contribution in [0.5, 0.6) is 0 Å². The van der Waals surface area contributed by atoms with Gasteiger partial charge in [0.15, 0.2) is 0 Å². The van der Waals surface area contributed by atoms with E-state index in [-0.39, 0.29) is 5.41 Å². The number of fused-ring (bicyclic) bond motifs is 5. The van der Waals surface area contributed by atoms with Crippen LogP contribution in [0.1, 0.15) is 25.0 Å². The van der Waals surface area contributed by atoms with E-state index in [0.29, 0.717) is 0 Å². The zero-order valence-corrected chi connectivity index (χ0v) is 30.4. The zero-order chi connectivity index (χ0) is 35.5. The summed E-state index contributed by atoms with van der Waals surface area (Å²) in [7, 11) is 0. The van der Waals surface area contributed by atoms with Gasteiger partial charge in [-0.15, -0.1) is 11.3 Å². The van der Waals surface area contributed by atoms with Crippen LogP contribution in [0.15, 0.2) is 182 Å². The fourth-order valence-electron chi connectivity index (χ4n) is 8.16. The van der Waals surface area contributed by atoms with Crippen molar-refractivity contribution in [2.45, 2.75) is 19.3 Å². The second-order valence-corrected chi connectivity index (χ2v) is 15.5. The summed E-state index contributed by atoms with van der Waals surface area (Å²) in [5, 5.41) is 3.54. The highest BCUT2D eigenvalue weighted by atomic mass is 32.1. The summed E-state index contributed by atoms with van der Waals surface area (Å²) in [5.74, 6) is 0. The summed E-state index contributed by atoms with van der Waals surface area (Å²) in [4.78, 5) is 7.59. The maximum absolute atomic E-state index is 5.20. The van der Waals surface area contributed by atoms with Gasteiger partial charge in [-0.3, -0.25) is 0 Å². The van der Waals surface area contributed by atoms with Crippen LogP contribution in [0.25, 0.3) is 64.9 Å². The lowest BCUT2D eigenvalue weighted by atomic mass is 9.82. The van der Waals surface area contributed by atoms with Crippen LogP contribution in [0, 0.1) is 0 Å². The number of hydrogen-bond acceptors (Lipinski definition) is 3. The molecule has 0 atom stereocenters. The van der Waals surface area contributed by atoms with Gasteiger partial charge in [-0.05, 0) is 97.7 Å². The Bertz CT molecular complexity index is 2790. The summed E-state index contributed by atoms with van der Waals surface area (Å²) in [5.41, 5.74) is 15.6. The molecule has 1 heterocycles. The minimum absolute atomic E-state index is 0.102. The van der Waals surface area contributed by atoms with Gasteiger partial charge in [-0.2, -0.15) is 0 Å². The van der Waals surface area contributed by atoms with Gasteiger partial charge in [0.25, 0.3) is 0 Å². The van der Waals surface area contributed by atoms with Crippen molar-refractivity contribution in [1.82, 2.24) is 4.98 Å². The third kappa shape index (κ3) is 5.35. The quantitative estimate of drug-likeness (QED) is 0.172. The molecule has 0 saturated carbocycles. The highest BCUT2D eigenvalue weighted by Gasteiger charge is 2.35. The van der Waals surface area contributed by atoms with Crippen molar-refractivity contribution in [2.24, 2.45) is 0 Å². The van der Waals surface area contributed by atoms with Gasteiger partial charge in [0.05, 0.1) is 10.2 Å². The van der Waals surface area contributed by atoms with Crippen molar-refractivity contribution in [2.75, 3.05) is 4.90 Å². The molecule has 0 amide bonds. The van der Waals surface area contributed by atoms with E-state index in [1.807, 2.05) is 0 Å². The van der Waals surface area contributed by atoms with E-state index in [4.69, 9.17) is 4.98 Å². The highest BCUT2D eigenvalue weighted by Crippen LogP contribution is 2.51. The standard InChI is InChI=1S/C50H36N2S/c1-50(2)45-18-9-8-16-43(45)44-29-27-39(31-46(44)50)52(38-25-23-36(24-26-38)42-17-10-14-35-13-6-7-15-41(35)42)40-28-30-48-47(32-40)51-49(53-48)37-21-19-34(20-22-37)33-11-4-3-5-12-33/h3-32H,1-2H3. The van der Waals surface area contributed by atoms with Crippen LogP contribution >= 0.6 is 11.3 Å². The van der Waals surface area contributed by atoms with Crippen LogP contribution < -0.4 is 4.90 Å². The molecule has 0 saturated heterocycles. The summed E-state index contributed by atoms with van der Waals surface area (Å²) < 4.78 is 1.17. The van der Waals surface area contributed by atoms with Crippen LogP contribution in [-0.2, 0) is 5.41 Å². The molecule has 0 bridgehead atoms. The van der Waals surface area contributed by atoms with E-state index in [0.717, 1.165) is 33.1 Å². The molecule has 1 aliphatic rings. The lowest BCUT2D eigenvalue weighted by molar-refractivity contribution is 0.660. The molecule has 0 fully saturated rings. The third-order valence-corrected chi connectivity index (χ3v) is 12.0. The minimum atomic E-state index is -0.102. The van der Waals surface area contributed by atoms with E-state index >= 15 is 0 Å². The number of nitrogens with zero attached hydrogens (tertiary/aromatic N) is 2. The summed E-state index contributed by atoms with van der Waals surface area (Å²) >= 11 is 1.74. The molecule has 53 heavy (non-hydrogen) atoms. The Labute approximate surface area is 314 Å². The van der Waals surface area contributed by atoms with E-state index in [9.17, 15) is 0 Å². The first-order chi connectivity index (χ1) is 26.0. The average Bonchev–Trinajstić information content (AvgIpc) is 3.74. The van der Waals surface area contributed by atoms with Crippen molar-refractivity contribution in [1.29, 1.82) is 0 Å². The Morgan fingerprint density at radius 1 is 0.453 bits per heavy atom. The van der Waals surface area contributed by atoms with Gasteiger partial charge in [0, 0.05) is 28.0 Å². The van der Waals surface area contributed by atoms with Crippen LogP contribution in [0.3, 0.4) is 0 Å². The lowest BCUT2D eigenvalue weighted by Gasteiger charge is -2.28. The van der Waals surface area contributed by atoms with Gasteiger partial charge in [0.1, 0.15) is 5.01 Å². The topological polar surface area (TPSA) is 16.1 Å². The van der Waals surface area contributed by atoms with Crippen LogP contribution in [0.4, 0.5) is 17.1 Å². The van der Waals surface area contributed by atoms with Gasteiger partial charge < -0.3 is 4.90 Å².